The summed E-state index contributed by atoms with van der Waals surface area (Å²) in [5.41, 5.74) is 0. The molecule has 0 aliphatic heterocycles. The molecule has 1 radical (unpaired) electrons. The third kappa shape index (κ3) is 18.4. The highest BCUT2D eigenvalue weighted by Crippen LogP contribution is 2.08. The predicted molar refractivity (Wildman–Crippen MR) is 94.0 cm³/mol. The van der Waals surface area contributed by atoms with Crippen molar-refractivity contribution in [1.82, 2.24) is 0 Å². The molecule has 21 heavy (non-hydrogen) atoms. The average Bonchev–Trinajstić information content (AvgIpc) is 2.50. The van der Waals surface area contributed by atoms with Gasteiger partial charge in [-0.05, 0) is 18.9 Å². The van der Waals surface area contributed by atoms with Crippen molar-refractivity contribution >= 4 is 6.29 Å². The Hall–Kier alpha value is -1.63. The van der Waals surface area contributed by atoms with E-state index in [1.165, 1.54) is 57.4 Å². The monoisotopic (exact) mass is 285 g/mol. The van der Waals surface area contributed by atoms with E-state index in [2.05, 4.69) is 19.1 Å². The standard InChI is InChI=1S/C20H29O/c1-2-3-4-5-6-7-8-9-10-11-12-13-14-15-16-17-18-19-20-21/h10-19H,2-9H2,1H3/b11-10-,13-12-,15-14+,17-16-,19-18+. The fraction of sp³-hybridized carbons (Fsp3) is 0.450. The van der Waals surface area contributed by atoms with Gasteiger partial charge in [0, 0.05) is 0 Å². The van der Waals surface area contributed by atoms with Gasteiger partial charge in [0.1, 0.15) is 0 Å². The summed E-state index contributed by atoms with van der Waals surface area (Å²) in [7, 11) is 0. The molecule has 0 atom stereocenters. The second kappa shape index (κ2) is 18.4. The van der Waals surface area contributed by atoms with Gasteiger partial charge in [-0.2, -0.15) is 0 Å². The third-order valence-electron chi connectivity index (χ3n) is 3.05. The van der Waals surface area contributed by atoms with Gasteiger partial charge in [0.25, 0.3) is 0 Å². The number of hydrogen-bond donors (Lipinski definition) is 0. The van der Waals surface area contributed by atoms with Crippen molar-refractivity contribution in [3.8, 4) is 0 Å². The van der Waals surface area contributed by atoms with Gasteiger partial charge in [-0.15, -0.1) is 0 Å². The molecule has 0 amide bonds. The van der Waals surface area contributed by atoms with Gasteiger partial charge in [0.2, 0.25) is 6.29 Å². The minimum Gasteiger partial charge on any atom is -0.286 e. The van der Waals surface area contributed by atoms with Crippen LogP contribution in [0.1, 0.15) is 58.3 Å². The van der Waals surface area contributed by atoms with Crippen LogP contribution in [0.4, 0.5) is 0 Å². The summed E-state index contributed by atoms with van der Waals surface area (Å²) < 4.78 is 0. The van der Waals surface area contributed by atoms with Crippen molar-refractivity contribution in [2.75, 3.05) is 0 Å². The van der Waals surface area contributed by atoms with Crippen LogP contribution in [0.3, 0.4) is 0 Å². The number of rotatable bonds is 13. The molecule has 0 rings (SSSR count). The first kappa shape index (κ1) is 19.4. The van der Waals surface area contributed by atoms with E-state index in [0.29, 0.717) is 0 Å². The van der Waals surface area contributed by atoms with Crippen LogP contribution in [0.25, 0.3) is 0 Å². The summed E-state index contributed by atoms with van der Waals surface area (Å²) >= 11 is 0. The normalized spacial score (nSPS) is 12.8. The van der Waals surface area contributed by atoms with E-state index in [1.54, 1.807) is 18.4 Å². The van der Waals surface area contributed by atoms with Gasteiger partial charge >= 0.3 is 0 Å². The molecule has 115 valence electrons. The number of unbranched alkanes of at least 4 members (excludes halogenated alkanes) is 7. The molecule has 0 N–H and O–H groups in total. The number of carbonyl (C=O) groups excluding carboxylic acids is 1. The Bertz CT molecular complexity index is 356. The van der Waals surface area contributed by atoms with Crippen LogP contribution < -0.4 is 0 Å². The molecule has 0 heterocycles. The minimum absolute atomic E-state index is 1.18. The zero-order chi connectivity index (χ0) is 15.4. The summed E-state index contributed by atoms with van der Waals surface area (Å²) in [5.74, 6) is 0. The highest BCUT2D eigenvalue weighted by molar-refractivity contribution is 5.66. The van der Waals surface area contributed by atoms with Crippen LogP contribution in [-0.2, 0) is 4.79 Å². The lowest BCUT2D eigenvalue weighted by Gasteiger charge is -1.98. The molecule has 0 spiro atoms. The highest BCUT2D eigenvalue weighted by Gasteiger charge is 1.88. The lowest BCUT2D eigenvalue weighted by Crippen LogP contribution is -1.78. The van der Waals surface area contributed by atoms with Gasteiger partial charge < -0.3 is 0 Å². The molecule has 1 nitrogen and oxygen atoms in total. The molecule has 0 unspecified atom stereocenters. The Morgan fingerprint density at radius 1 is 0.667 bits per heavy atom. The fourth-order valence-electron chi connectivity index (χ4n) is 1.87. The van der Waals surface area contributed by atoms with E-state index in [1.807, 2.05) is 30.4 Å². The number of hydrogen-bond acceptors (Lipinski definition) is 1. The first-order valence-corrected chi connectivity index (χ1v) is 8.11. The first-order chi connectivity index (χ1) is 10.4. The zero-order valence-electron chi connectivity index (χ0n) is 13.3. The van der Waals surface area contributed by atoms with Crippen LogP contribution in [-0.4, -0.2) is 6.29 Å². The van der Waals surface area contributed by atoms with E-state index >= 15 is 0 Å². The minimum atomic E-state index is 1.18. The van der Waals surface area contributed by atoms with Gasteiger partial charge in [0.05, 0.1) is 0 Å². The van der Waals surface area contributed by atoms with Gasteiger partial charge in [-0.3, -0.25) is 4.79 Å². The molecular formula is C20H29O. The molecule has 0 bridgehead atoms. The Balaban J connectivity index is 3.44. The highest BCUT2D eigenvalue weighted by atomic mass is 16.1. The van der Waals surface area contributed by atoms with Crippen LogP contribution in [0, 0.1) is 0 Å². The SMILES string of the molecule is CCCCCCCCC\C=C/C=C\C=C\C=C/C=C/[C]=O. The quantitative estimate of drug-likeness (QED) is 0.230. The van der Waals surface area contributed by atoms with Crippen LogP contribution in [0.5, 0.6) is 0 Å². The van der Waals surface area contributed by atoms with Crippen LogP contribution in [0.15, 0.2) is 60.8 Å². The van der Waals surface area contributed by atoms with Crippen molar-refractivity contribution in [3.05, 3.63) is 60.8 Å². The van der Waals surface area contributed by atoms with Crippen molar-refractivity contribution in [2.24, 2.45) is 0 Å². The maximum atomic E-state index is 9.88. The van der Waals surface area contributed by atoms with Crippen molar-refractivity contribution in [3.63, 3.8) is 0 Å². The Kier molecular flexibility index (Phi) is 16.9. The van der Waals surface area contributed by atoms with Gasteiger partial charge in [-0.25, -0.2) is 0 Å². The van der Waals surface area contributed by atoms with E-state index in [-0.39, 0.29) is 0 Å². The maximum absolute atomic E-state index is 9.88. The molecule has 0 aliphatic carbocycles. The molecule has 0 fully saturated rings. The average molecular weight is 285 g/mol. The smallest absolute Gasteiger partial charge is 0.225 e. The van der Waals surface area contributed by atoms with Crippen LogP contribution in [0.2, 0.25) is 0 Å². The zero-order valence-corrected chi connectivity index (χ0v) is 13.3. The molecule has 0 aromatic rings. The predicted octanol–water partition coefficient (Wildman–Crippen LogP) is 6.02. The number of allylic oxidation sites excluding steroid dienone is 10. The summed E-state index contributed by atoms with van der Waals surface area (Å²) in [6, 6.07) is 0. The van der Waals surface area contributed by atoms with E-state index in [9.17, 15) is 4.79 Å². The molecule has 0 aromatic heterocycles. The molecule has 0 aromatic carbocycles. The summed E-state index contributed by atoms with van der Waals surface area (Å²) in [4.78, 5) is 9.88. The lowest BCUT2D eigenvalue weighted by atomic mass is 10.1. The summed E-state index contributed by atoms with van der Waals surface area (Å²) in [6.45, 7) is 2.26. The second-order valence-electron chi connectivity index (χ2n) is 4.97. The second-order valence-corrected chi connectivity index (χ2v) is 4.97. The summed E-state index contributed by atoms with van der Waals surface area (Å²) in [5, 5.41) is 0. The first-order valence-electron chi connectivity index (χ1n) is 8.11. The Morgan fingerprint density at radius 3 is 1.81 bits per heavy atom. The largest absolute Gasteiger partial charge is 0.286 e. The topological polar surface area (TPSA) is 17.1 Å². The van der Waals surface area contributed by atoms with Crippen molar-refractivity contribution < 1.29 is 4.79 Å². The van der Waals surface area contributed by atoms with E-state index < -0.39 is 0 Å². The lowest BCUT2D eigenvalue weighted by molar-refractivity contribution is 0.564. The fourth-order valence-corrected chi connectivity index (χ4v) is 1.87. The van der Waals surface area contributed by atoms with Crippen LogP contribution >= 0.6 is 0 Å². The van der Waals surface area contributed by atoms with Gasteiger partial charge in [-0.1, -0.05) is 100 Å². The molecule has 1 heteroatoms. The summed E-state index contributed by atoms with van der Waals surface area (Å²) in [6.07, 6.45) is 31.4. The molecule has 0 saturated heterocycles. The molecule has 0 aliphatic rings. The molecule has 0 saturated carbocycles. The van der Waals surface area contributed by atoms with E-state index in [4.69, 9.17) is 0 Å². The molecular weight excluding hydrogens is 256 g/mol. The van der Waals surface area contributed by atoms with E-state index in [0.717, 1.165) is 0 Å². The van der Waals surface area contributed by atoms with Crippen molar-refractivity contribution in [2.45, 2.75) is 58.3 Å². The maximum Gasteiger partial charge on any atom is 0.225 e. The van der Waals surface area contributed by atoms with Crippen molar-refractivity contribution in [1.29, 1.82) is 0 Å². The Labute approximate surface area is 130 Å². The third-order valence-corrected chi connectivity index (χ3v) is 3.05. The van der Waals surface area contributed by atoms with Gasteiger partial charge in [0.15, 0.2) is 0 Å². The Morgan fingerprint density at radius 2 is 1.19 bits per heavy atom.